The third-order valence-corrected chi connectivity index (χ3v) is 17.0. The van der Waals surface area contributed by atoms with E-state index in [4.69, 9.17) is 9.47 Å². The number of rotatable bonds is 9. The molecule has 0 saturated carbocycles. The molecular formula is C44H49N3O6Si. The summed E-state index contributed by atoms with van der Waals surface area (Å²) >= 11 is 0. The minimum absolute atomic E-state index is 0.0356. The van der Waals surface area contributed by atoms with Gasteiger partial charge in [0.05, 0.1) is 58.3 Å². The van der Waals surface area contributed by atoms with Gasteiger partial charge in [-0.15, -0.1) is 0 Å². The Kier molecular flexibility index (Phi) is 9.48. The lowest BCUT2D eigenvalue weighted by molar-refractivity contribution is -0.150. The monoisotopic (exact) mass is 743 g/mol. The summed E-state index contributed by atoms with van der Waals surface area (Å²) in [6.45, 7) is 7.62. The van der Waals surface area contributed by atoms with E-state index < -0.39 is 19.8 Å². The summed E-state index contributed by atoms with van der Waals surface area (Å²) < 4.78 is 12.7. The first-order valence-electron chi connectivity index (χ1n) is 19.2. The largest absolute Gasteiger partial charge is 0.497 e. The van der Waals surface area contributed by atoms with Gasteiger partial charge in [0.2, 0.25) is 11.8 Å². The average molecular weight is 744 g/mol. The van der Waals surface area contributed by atoms with Crippen LogP contribution in [0.25, 0.3) is 0 Å². The number of carbonyl (C=O) groups is 3. The van der Waals surface area contributed by atoms with Crippen molar-refractivity contribution in [3.63, 3.8) is 0 Å². The molecule has 0 unspecified atom stereocenters. The number of anilines is 3. The number of hydrogen-bond donors (Lipinski definition) is 1. The molecule has 8 rings (SSSR count). The zero-order chi connectivity index (χ0) is 37.8. The molecule has 0 aliphatic carbocycles. The zero-order valence-corrected chi connectivity index (χ0v) is 32.5. The third kappa shape index (κ3) is 5.86. The number of aliphatic hydroxyl groups excluding tert-OH is 1. The highest BCUT2D eigenvalue weighted by molar-refractivity contribution is 6.91. The normalized spacial score (nSPS) is 25.0. The van der Waals surface area contributed by atoms with Crippen LogP contribution in [0.15, 0.2) is 97.1 Å². The quantitative estimate of drug-likeness (QED) is 0.198. The highest BCUT2D eigenvalue weighted by Gasteiger charge is 2.66. The van der Waals surface area contributed by atoms with Crippen molar-refractivity contribution >= 4 is 48.0 Å². The van der Waals surface area contributed by atoms with Crippen LogP contribution in [0.1, 0.15) is 49.3 Å². The summed E-state index contributed by atoms with van der Waals surface area (Å²) in [4.78, 5) is 48.1. The van der Waals surface area contributed by atoms with E-state index in [2.05, 4.69) is 38.2 Å². The summed E-state index contributed by atoms with van der Waals surface area (Å²) in [6.07, 6.45) is 2.43. The predicted octanol–water partition coefficient (Wildman–Crippen LogP) is 6.44. The van der Waals surface area contributed by atoms with E-state index in [1.807, 2.05) is 88.7 Å². The van der Waals surface area contributed by atoms with E-state index in [-0.39, 0.29) is 48.3 Å². The standard InChI is InChI=1S/C44H49N3O6Si/c1-29-42(54(3,4)35-21-19-34(52-2)20-22-35)39(26-41(50)45-24-10-14-33(45)28-48)53-44(29)36-15-6-8-17-38(36)46(43(44)51)27-30-11-9-13-32(25-30)47-37-16-7-5-12-31(37)18-23-40(47)49/h5-9,11-13,15-17,19-22,25,29,33,39,42,48H,10,14,18,23-24,26-28H2,1-4H3/t29-,33+,39+,42-,44+/m1/s1. The Morgan fingerprint density at radius 2 is 1.69 bits per heavy atom. The highest BCUT2D eigenvalue weighted by atomic mass is 28.3. The van der Waals surface area contributed by atoms with Crippen molar-refractivity contribution in [3.05, 3.63) is 114 Å². The van der Waals surface area contributed by atoms with Crippen molar-refractivity contribution in [2.24, 2.45) is 5.92 Å². The van der Waals surface area contributed by atoms with Gasteiger partial charge >= 0.3 is 0 Å². The van der Waals surface area contributed by atoms with Crippen molar-refractivity contribution in [1.29, 1.82) is 0 Å². The lowest BCUT2D eigenvalue weighted by atomic mass is 9.82. The van der Waals surface area contributed by atoms with Gasteiger partial charge in [-0.2, -0.15) is 0 Å². The lowest BCUT2D eigenvalue weighted by Crippen LogP contribution is -2.52. The van der Waals surface area contributed by atoms with Gasteiger partial charge < -0.3 is 24.4 Å². The SMILES string of the molecule is COc1ccc([Si](C)(C)[C@H]2[C@H](CC(=O)N3CCC[C@H]3CO)O[C@@]3(C(=O)N(Cc4cccc(N5C(=O)CCc6ccccc65)c4)c4ccccc43)[C@@H]2C)cc1. The Morgan fingerprint density at radius 1 is 0.944 bits per heavy atom. The second kappa shape index (κ2) is 14.1. The minimum Gasteiger partial charge on any atom is -0.497 e. The highest BCUT2D eigenvalue weighted by Crippen LogP contribution is 2.60. The molecule has 4 aliphatic rings. The van der Waals surface area contributed by atoms with E-state index in [1.54, 1.807) is 12.0 Å². The summed E-state index contributed by atoms with van der Waals surface area (Å²) in [7, 11) is -0.794. The number of fused-ring (bicyclic) bond motifs is 3. The Hall–Kier alpha value is -4.77. The van der Waals surface area contributed by atoms with Gasteiger partial charge in [0.25, 0.3) is 5.91 Å². The van der Waals surface area contributed by atoms with Crippen molar-refractivity contribution in [2.45, 2.75) is 82.0 Å². The van der Waals surface area contributed by atoms with Crippen molar-refractivity contribution in [2.75, 3.05) is 30.1 Å². The number of nitrogens with zero attached hydrogens (tertiary/aromatic N) is 3. The molecule has 5 atom stereocenters. The van der Waals surface area contributed by atoms with Crippen LogP contribution in [0, 0.1) is 5.92 Å². The topological polar surface area (TPSA) is 99.6 Å². The molecule has 0 aromatic heterocycles. The van der Waals surface area contributed by atoms with Crippen LogP contribution in [-0.4, -0.2) is 68.2 Å². The van der Waals surface area contributed by atoms with Crippen LogP contribution in [0.2, 0.25) is 18.6 Å². The molecule has 4 aromatic carbocycles. The second-order valence-electron chi connectivity index (χ2n) is 15.9. The molecule has 2 fully saturated rings. The maximum atomic E-state index is 15.3. The molecule has 4 aromatic rings. The lowest BCUT2D eigenvalue weighted by Gasteiger charge is -2.37. The Labute approximate surface area is 318 Å². The van der Waals surface area contributed by atoms with Gasteiger partial charge in [0.1, 0.15) is 5.75 Å². The fraction of sp³-hybridized carbons (Fsp3) is 0.386. The van der Waals surface area contributed by atoms with Gasteiger partial charge in [-0.3, -0.25) is 19.3 Å². The summed E-state index contributed by atoms with van der Waals surface area (Å²) in [5, 5.41) is 11.3. The number of aliphatic hydroxyl groups is 1. The average Bonchev–Trinajstić information content (AvgIpc) is 3.85. The van der Waals surface area contributed by atoms with Crippen molar-refractivity contribution in [3.8, 4) is 5.75 Å². The molecule has 9 nitrogen and oxygen atoms in total. The maximum absolute atomic E-state index is 15.3. The van der Waals surface area contributed by atoms with Gasteiger partial charge in [0, 0.05) is 30.1 Å². The number of para-hydroxylation sites is 2. The number of likely N-dealkylation sites (tertiary alicyclic amines) is 1. The zero-order valence-electron chi connectivity index (χ0n) is 31.5. The fourth-order valence-corrected chi connectivity index (χ4v) is 14.0. The third-order valence-electron chi connectivity index (χ3n) is 12.6. The Morgan fingerprint density at radius 3 is 2.44 bits per heavy atom. The number of ether oxygens (including phenoxy) is 2. The van der Waals surface area contributed by atoms with Gasteiger partial charge in [-0.05, 0) is 72.3 Å². The van der Waals surface area contributed by atoms with E-state index in [0.717, 1.165) is 58.8 Å². The van der Waals surface area contributed by atoms with E-state index in [9.17, 15) is 14.7 Å². The van der Waals surface area contributed by atoms with Crippen LogP contribution in [0.5, 0.6) is 5.75 Å². The number of amides is 3. The number of methoxy groups -OCH3 is 1. The summed E-state index contributed by atoms with van der Waals surface area (Å²) in [5.74, 6) is 0.412. The molecule has 1 spiro atoms. The fourth-order valence-electron chi connectivity index (χ4n) is 9.96. The summed E-state index contributed by atoms with van der Waals surface area (Å²) in [5.41, 5.74) is 3.96. The van der Waals surface area contributed by atoms with Crippen molar-refractivity contribution < 1.29 is 29.0 Å². The number of carbonyl (C=O) groups excluding carboxylic acids is 3. The number of aryl methyl sites for hydroxylation is 1. The predicted molar refractivity (Wildman–Crippen MR) is 212 cm³/mol. The van der Waals surface area contributed by atoms with E-state index >= 15 is 4.79 Å². The van der Waals surface area contributed by atoms with Crippen molar-refractivity contribution in [1.82, 2.24) is 4.90 Å². The molecular weight excluding hydrogens is 695 g/mol. The van der Waals surface area contributed by atoms with Gasteiger partial charge in [-0.1, -0.05) is 85.9 Å². The minimum atomic E-state index is -2.45. The molecule has 54 heavy (non-hydrogen) atoms. The number of hydrogen-bond acceptors (Lipinski definition) is 6. The van der Waals surface area contributed by atoms with Crippen LogP contribution >= 0.6 is 0 Å². The smallest absolute Gasteiger partial charge is 0.264 e. The molecule has 0 radical (unpaired) electrons. The number of benzene rings is 4. The first-order valence-corrected chi connectivity index (χ1v) is 22.3. The molecule has 4 aliphatic heterocycles. The molecule has 3 amide bonds. The molecule has 1 N–H and O–H groups in total. The molecule has 0 bridgehead atoms. The summed E-state index contributed by atoms with van der Waals surface area (Å²) in [6, 6.07) is 31.9. The first-order chi connectivity index (χ1) is 26.1. The van der Waals surface area contributed by atoms with Gasteiger partial charge in [0.15, 0.2) is 5.60 Å². The Bertz CT molecular complexity index is 2090. The Balaban J connectivity index is 1.16. The first kappa shape index (κ1) is 36.2. The maximum Gasteiger partial charge on any atom is 0.264 e. The van der Waals surface area contributed by atoms with Crippen LogP contribution in [0.3, 0.4) is 0 Å². The van der Waals surface area contributed by atoms with Gasteiger partial charge in [-0.25, -0.2) is 0 Å². The van der Waals surface area contributed by atoms with E-state index in [1.165, 1.54) is 5.19 Å². The molecule has 2 saturated heterocycles. The molecule has 10 heteroatoms. The van der Waals surface area contributed by atoms with Crippen LogP contribution in [-0.2, 0) is 37.7 Å². The second-order valence-corrected chi connectivity index (χ2v) is 20.6. The molecule has 280 valence electrons. The van der Waals surface area contributed by atoms with E-state index in [0.29, 0.717) is 19.5 Å². The van der Waals surface area contributed by atoms with Crippen LogP contribution < -0.4 is 19.7 Å². The molecule has 4 heterocycles. The van der Waals surface area contributed by atoms with Crippen LogP contribution in [0.4, 0.5) is 17.1 Å².